The molecule has 5 nitrogen and oxygen atoms in total. The summed E-state index contributed by atoms with van der Waals surface area (Å²) in [6.07, 6.45) is 2.02. The Kier molecular flexibility index (Phi) is 6.07. The highest BCUT2D eigenvalue weighted by Crippen LogP contribution is 2.33. The molecule has 3 aromatic rings. The van der Waals surface area contributed by atoms with Gasteiger partial charge < -0.3 is 19.5 Å². The van der Waals surface area contributed by atoms with E-state index in [9.17, 15) is 9.18 Å². The second-order valence-electron chi connectivity index (χ2n) is 7.56. The number of hydrogen-bond donors (Lipinski definition) is 1. The van der Waals surface area contributed by atoms with E-state index in [1.54, 1.807) is 25.3 Å². The number of carboxylic acid groups (broad SMARTS) is 1. The maximum atomic E-state index is 14.3. The first-order valence-electron chi connectivity index (χ1n) is 10.2. The lowest BCUT2D eigenvalue weighted by molar-refractivity contribution is -0.137. The summed E-state index contributed by atoms with van der Waals surface area (Å²) < 4.78 is 25.5. The number of hydrogen-bond acceptors (Lipinski definition) is 4. The van der Waals surface area contributed by atoms with Gasteiger partial charge in [0.25, 0.3) is 0 Å². The quantitative estimate of drug-likeness (QED) is 0.527. The molecular weight excluding hydrogens is 397 g/mol. The van der Waals surface area contributed by atoms with Gasteiger partial charge in [-0.1, -0.05) is 12.1 Å². The summed E-state index contributed by atoms with van der Waals surface area (Å²) in [6, 6.07) is 19.5. The third-order valence-corrected chi connectivity index (χ3v) is 5.51. The summed E-state index contributed by atoms with van der Waals surface area (Å²) in [7, 11) is 1.55. The molecule has 1 N–H and O–H groups in total. The molecule has 0 aromatic heterocycles. The largest absolute Gasteiger partial charge is 0.497 e. The molecule has 1 aliphatic rings. The Labute approximate surface area is 180 Å². The van der Waals surface area contributed by atoms with Crippen molar-refractivity contribution in [1.82, 2.24) is 0 Å². The number of halogens is 1. The molecule has 160 valence electrons. The fourth-order valence-corrected chi connectivity index (χ4v) is 4.01. The Morgan fingerprint density at radius 1 is 1.06 bits per heavy atom. The zero-order valence-corrected chi connectivity index (χ0v) is 17.3. The van der Waals surface area contributed by atoms with Crippen LogP contribution in [0.3, 0.4) is 0 Å². The lowest BCUT2D eigenvalue weighted by Crippen LogP contribution is -2.31. The van der Waals surface area contributed by atoms with E-state index in [0.717, 1.165) is 25.1 Å². The second kappa shape index (κ2) is 9.08. The van der Waals surface area contributed by atoms with E-state index in [4.69, 9.17) is 14.6 Å². The predicted molar refractivity (Wildman–Crippen MR) is 118 cm³/mol. The third-order valence-electron chi connectivity index (χ3n) is 5.51. The van der Waals surface area contributed by atoms with E-state index in [0.29, 0.717) is 28.4 Å². The van der Waals surface area contributed by atoms with Gasteiger partial charge in [-0.2, -0.15) is 0 Å². The Morgan fingerprint density at radius 2 is 1.84 bits per heavy atom. The number of nitrogens with zero attached hydrogens (tertiary/aromatic N) is 1. The molecule has 3 aromatic carbocycles. The average Bonchev–Trinajstić information content (AvgIpc) is 3.22. The zero-order chi connectivity index (χ0) is 21.8. The average molecular weight is 421 g/mol. The summed E-state index contributed by atoms with van der Waals surface area (Å²) in [5.41, 5.74) is 2.13. The van der Waals surface area contributed by atoms with Crippen LogP contribution < -0.4 is 14.4 Å². The lowest BCUT2D eigenvalue weighted by atomic mass is 10.0. The molecule has 1 saturated heterocycles. The monoisotopic (exact) mass is 421 g/mol. The molecule has 1 heterocycles. The molecule has 1 aliphatic heterocycles. The van der Waals surface area contributed by atoms with Gasteiger partial charge >= 0.3 is 5.97 Å². The number of ether oxygens (including phenoxy) is 2. The topological polar surface area (TPSA) is 59.0 Å². The molecule has 31 heavy (non-hydrogen) atoms. The number of anilines is 1. The van der Waals surface area contributed by atoms with Crippen molar-refractivity contribution in [3.8, 4) is 28.4 Å². The first-order chi connectivity index (χ1) is 15.0. The predicted octanol–water partition coefficient (Wildman–Crippen LogP) is 5.74. The van der Waals surface area contributed by atoms with Gasteiger partial charge in [-0.25, -0.2) is 4.39 Å². The molecule has 1 unspecified atom stereocenters. The van der Waals surface area contributed by atoms with Crippen LogP contribution in [0, 0.1) is 5.82 Å². The fraction of sp³-hybridized carbons (Fsp3) is 0.240. The normalized spacial score (nSPS) is 15.7. The zero-order valence-electron chi connectivity index (χ0n) is 17.3. The SMILES string of the molecule is COc1ccc(F)c(-c2cccc(Oc3ccc(N4CCCC4CC(=O)O)cc3)c2)c1. The maximum absolute atomic E-state index is 14.3. The number of methoxy groups -OCH3 is 1. The van der Waals surface area contributed by atoms with Crippen molar-refractivity contribution in [2.24, 2.45) is 0 Å². The van der Waals surface area contributed by atoms with Crippen LogP contribution in [-0.4, -0.2) is 30.8 Å². The van der Waals surface area contributed by atoms with Crippen molar-refractivity contribution < 1.29 is 23.8 Å². The van der Waals surface area contributed by atoms with Gasteiger partial charge in [-0.3, -0.25) is 4.79 Å². The van der Waals surface area contributed by atoms with Gasteiger partial charge in [0.15, 0.2) is 0 Å². The van der Waals surface area contributed by atoms with E-state index in [2.05, 4.69) is 4.90 Å². The van der Waals surface area contributed by atoms with E-state index < -0.39 is 5.97 Å². The van der Waals surface area contributed by atoms with Crippen LogP contribution in [0.15, 0.2) is 66.7 Å². The number of benzene rings is 3. The van der Waals surface area contributed by atoms with E-state index >= 15 is 0 Å². The van der Waals surface area contributed by atoms with Crippen molar-refractivity contribution in [2.75, 3.05) is 18.6 Å². The summed E-state index contributed by atoms with van der Waals surface area (Å²) >= 11 is 0. The minimum Gasteiger partial charge on any atom is -0.497 e. The highest BCUT2D eigenvalue weighted by Gasteiger charge is 2.26. The number of carbonyl (C=O) groups is 1. The molecule has 0 saturated carbocycles. The van der Waals surface area contributed by atoms with Crippen LogP contribution >= 0.6 is 0 Å². The van der Waals surface area contributed by atoms with Gasteiger partial charge in [-0.05, 0) is 73.0 Å². The Hall–Kier alpha value is -3.54. The minimum absolute atomic E-state index is 0.0266. The highest BCUT2D eigenvalue weighted by atomic mass is 19.1. The summed E-state index contributed by atoms with van der Waals surface area (Å²) in [6.45, 7) is 0.853. The third kappa shape index (κ3) is 4.79. The second-order valence-corrected chi connectivity index (χ2v) is 7.56. The minimum atomic E-state index is -0.774. The number of aliphatic carboxylic acids is 1. The van der Waals surface area contributed by atoms with Gasteiger partial charge in [0.05, 0.1) is 13.5 Å². The van der Waals surface area contributed by atoms with Gasteiger partial charge in [0, 0.05) is 23.8 Å². The van der Waals surface area contributed by atoms with Crippen molar-refractivity contribution in [3.63, 3.8) is 0 Å². The summed E-state index contributed by atoms with van der Waals surface area (Å²) in [5, 5.41) is 9.12. The van der Waals surface area contributed by atoms with Crippen LogP contribution in [0.25, 0.3) is 11.1 Å². The standard InChI is InChI=1S/C25H24FNO4/c1-30-21-11-12-24(26)23(16-21)17-4-2-6-22(14-17)31-20-9-7-18(8-10-20)27-13-3-5-19(27)15-25(28)29/h2,4,6-12,14,16,19H,3,5,13,15H2,1H3,(H,28,29). The molecule has 0 amide bonds. The molecule has 0 aliphatic carbocycles. The van der Waals surface area contributed by atoms with Crippen LogP contribution in [0.5, 0.6) is 17.2 Å². The molecule has 1 atom stereocenters. The lowest BCUT2D eigenvalue weighted by Gasteiger charge is -2.25. The van der Waals surface area contributed by atoms with Crippen LogP contribution in [-0.2, 0) is 4.79 Å². The van der Waals surface area contributed by atoms with Crippen molar-refractivity contribution >= 4 is 11.7 Å². The van der Waals surface area contributed by atoms with Crippen molar-refractivity contribution in [3.05, 3.63) is 72.5 Å². The van der Waals surface area contributed by atoms with Gasteiger partial charge in [0.1, 0.15) is 23.1 Å². The van der Waals surface area contributed by atoms with Crippen LogP contribution in [0.4, 0.5) is 10.1 Å². The number of rotatable bonds is 7. The van der Waals surface area contributed by atoms with Crippen molar-refractivity contribution in [1.29, 1.82) is 0 Å². The molecular formula is C25H24FNO4. The molecule has 0 radical (unpaired) electrons. The van der Waals surface area contributed by atoms with Gasteiger partial charge in [-0.15, -0.1) is 0 Å². The van der Waals surface area contributed by atoms with Crippen LogP contribution in [0.1, 0.15) is 19.3 Å². The molecule has 0 bridgehead atoms. The first-order valence-corrected chi connectivity index (χ1v) is 10.2. The molecule has 0 spiro atoms. The Balaban J connectivity index is 1.50. The summed E-state index contributed by atoms with van der Waals surface area (Å²) in [5.74, 6) is 0.729. The molecule has 4 rings (SSSR count). The highest BCUT2D eigenvalue weighted by molar-refractivity contribution is 5.69. The van der Waals surface area contributed by atoms with E-state index in [1.165, 1.54) is 6.07 Å². The fourth-order valence-electron chi connectivity index (χ4n) is 4.01. The number of carboxylic acids is 1. The summed E-state index contributed by atoms with van der Waals surface area (Å²) in [4.78, 5) is 13.2. The molecule has 6 heteroatoms. The Bertz CT molecular complexity index is 1070. The Morgan fingerprint density at radius 3 is 2.58 bits per heavy atom. The van der Waals surface area contributed by atoms with Crippen LogP contribution in [0.2, 0.25) is 0 Å². The van der Waals surface area contributed by atoms with Crippen molar-refractivity contribution in [2.45, 2.75) is 25.3 Å². The van der Waals surface area contributed by atoms with E-state index in [1.807, 2.05) is 42.5 Å². The first kappa shape index (κ1) is 20.7. The van der Waals surface area contributed by atoms with Gasteiger partial charge in [0.2, 0.25) is 0 Å². The smallest absolute Gasteiger partial charge is 0.305 e. The maximum Gasteiger partial charge on any atom is 0.305 e. The molecule has 1 fully saturated rings. The van der Waals surface area contributed by atoms with E-state index in [-0.39, 0.29) is 18.3 Å².